The third-order valence-corrected chi connectivity index (χ3v) is 0.167. The van der Waals surface area contributed by atoms with Crippen LogP contribution in [0.4, 0.5) is 0 Å². The van der Waals surface area contributed by atoms with Crippen LogP contribution in [0.1, 0.15) is 0 Å². The predicted octanol–water partition coefficient (Wildman–Crippen LogP) is -1.46. The second-order valence-corrected chi connectivity index (χ2v) is 0.577. The molecule has 7 heteroatoms. The first-order valence-corrected chi connectivity index (χ1v) is 1.32. The Morgan fingerprint density at radius 2 is 0.778 bits per heavy atom. The summed E-state index contributed by atoms with van der Waals surface area (Å²) in [6.45, 7) is 1.19. The third kappa shape index (κ3) is 112. The van der Waals surface area contributed by atoms with Crippen molar-refractivity contribution < 1.29 is 53.5 Å². The van der Waals surface area contributed by atoms with Gasteiger partial charge in [0, 0.05) is 50.2 Å². The molecular formula is C2H8N2O3V2-6. The van der Waals surface area contributed by atoms with Gasteiger partial charge in [0.15, 0.2) is 0 Å². The standard InChI is InChI=1S/C2H8N2.3O.2V/c3-1-2-4;;;;;/h1-4H2;;;;;/q;3*-2;;. The number of rotatable bonds is 1. The molecule has 0 aliphatic rings. The Labute approximate surface area is 78.2 Å². The van der Waals surface area contributed by atoms with Crippen molar-refractivity contribution in [1.29, 1.82) is 0 Å². The summed E-state index contributed by atoms with van der Waals surface area (Å²) in [7, 11) is 0. The third-order valence-electron chi connectivity index (χ3n) is 0.167. The first kappa shape index (κ1) is 50.9. The first-order chi connectivity index (χ1) is 1.91. The minimum Gasteiger partial charge on any atom is -2.00 e. The molecule has 9 heavy (non-hydrogen) atoms. The fourth-order valence-electron chi connectivity index (χ4n) is 0. The van der Waals surface area contributed by atoms with Crippen LogP contribution in [0.25, 0.3) is 0 Å². The predicted molar refractivity (Wildman–Crippen MR) is 20.2 cm³/mol. The average molecular weight is 210 g/mol. The van der Waals surface area contributed by atoms with Crippen LogP contribution < -0.4 is 11.5 Å². The van der Waals surface area contributed by atoms with Gasteiger partial charge >= 0.3 is 0 Å². The summed E-state index contributed by atoms with van der Waals surface area (Å²) < 4.78 is 0. The van der Waals surface area contributed by atoms with Crippen LogP contribution in [0.3, 0.4) is 0 Å². The zero-order valence-electron chi connectivity index (χ0n) is 4.69. The van der Waals surface area contributed by atoms with Crippen LogP contribution in [-0.2, 0) is 53.5 Å². The molecule has 0 aromatic carbocycles. The number of hydrogen-bond donors (Lipinski definition) is 2. The zero-order valence-corrected chi connectivity index (χ0v) is 7.48. The van der Waals surface area contributed by atoms with Crippen molar-refractivity contribution in [1.82, 2.24) is 0 Å². The van der Waals surface area contributed by atoms with Gasteiger partial charge in [-0.15, -0.1) is 0 Å². The molecule has 0 aliphatic heterocycles. The van der Waals surface area contributed by atoms with E-state index in [0.717, 1.165) is 0 Å². The quantitative estimate of drug-likeness (QED) is 0.546. The molecule has 0 fully saturated rings. The van der Waals surface area contributed by atoms with E-state index in [9.17, 15) is 0 Å². The van der Waals surface area contributed by atoms with E-state index in [4.69, 9.17) is 11.5 Å². The van der Waals surface area contributed by atoms with E-state index in [1.54, 1.807) is 0 Å². The van der Waals surface area contributed by atoms with Crippen LogP contribution in [0.5, 0.6) is 0 Å². The smallest absolute Gasteiger partial charge is 0.00461 e. The Hall–Kier alpha value is 0.969. The van der Waals surface area contributed by atoms with Crippen LogP contribution in [0, 0.1) is 0 Å². The molecule has 60 valence electrons. The normalized spacial score (nSPS) is 3.33. The van der Waals surface area contributed by atoms with Gasteiger partial charge in [0.05, 0.1) is 0 Å². The van der Waals surface area contributed by atoms with Gasteiger partial charge in [0.2, 0.25) is 0 Å². The molecule has 0 spiro atoms. The molecule has 0 saturated heterocycles. The molecule has 2 radical (unpaired) electrons. The molecule has 0 aromatic rings. The van der Waals surface area contributed by atoms with Gasteiger partial charge < -0.3 is 27.9 Å². The van der Waals surface area contributed by atoms with E-state index in [0.29, 0.717) is 13.1 Å². The molecule has 4 N–H and O–H groups in total. The summed E-state index contributed by atoms with van der Waals surface area (Å²) in [6.07, 6.45) is 0. The first-order valence-electron chi connectivity index (χ1n) is 1.32. The van der Waals surface area contributed by atoms with E-state index in [2.05, 4.69) is 0 Å². The minimum absolute atomic E-state index is 0. The monoisotopic (exact) mass is 210 g/mol. The van der Waals surface area contributed by atoms with Gasteiger partial charge in [-0.25, -0.2) is 0 Å². The van der Waals surface area contributed by atoms with Gasteiger partial charge in [-0.3, -0.25) is 0 Å². The summed E-state index contributed by atoms with van der Waals surface area (Å²) in [6, 6.07) is 0. The van der Waals surface area contributed by atoms with Crippen molar-refractivity contribution in [3.8, 4) is 0 Å². The van der Waals surface area contributed by atoms with Crippen LogP contribution >= 0.6 is 0 Å². The molecule has 0 amide bonds. The molecule has 0 rings (SSSR count). The average Bonchev–Trinajstić information content (AvgIpc) is 1.37. The molecule has 5 nitrogen and oxygen atoms in total. The fraction of sp³-hybridized carbons (Fsp3) is 1.00. The largest absolute Gasteiger partial charge is 2.00 e. The molecule has 0 atom stereocenters. The summed E-state index contributed by atoms with van der Waals surface area (Å²) in [5.74, 6) is 0. The maximum Gasteiger partial charge on any atom is 0.00461 e. The van der Waals surface area contributed by atoms with E-state index in [1.165, 1.54) is 0 Å². The maximum atomic E-state index is 4.90. The van der Waals surface area contributed by atoms with E-state index >= 15 is 0 Å². The second kappa shape index (κ2) is 64.6. The van der Waals surface area contributed by atoms with Crippen molar-refractivity contribution in [2.24, 2.45) is 11.5 Å². The SMILES string of the molecule is NCCN.[O-2].[O-2].[O-2].[V].[V]. The minimum atomic E-state index is 0. The Morgan fingerprint density at radius 3 is 0.778 bits per heavy atom. The van der Waals surface area contributed by atoms with Crippen LogP contribution in [-0.4, -0.2) is 13.1 Å². The topological polar surface area (TPSA) is 138 Å². The fourth-order valence-corrected chi connectivity index (χ4v) is 0. The molecule has 0 aliphatic carbocycles. The number of nitrogens with two attached hydrogens (primary N) is 2. The second-order valence-electron chi connectivity index (χ2n) is 0.577. The Balaban J connectivity index is -0.00000000450. The van der Waals surface area contributed by atoms with Gasteiger partial charge in [0.1, 0.15) is 0 Å². The van der Waals surface area contributed by atoms with Crippen LogP contribution in [0.15, 0.2) is 0 Å². The zero-order chi connectivity index (χ0) is 3.41. The van der Waals surface area contributed by atoms with Crippen molar-refractivity contribution >= 4 is 0 Å². The summed E-state index contributed by atoms with van der Waals surface area (Å²) in [4.78, 5) is 0. The van der Waals surface area contributed by atoms with Gasteiger partial charge in [-0.05, 0) is 0 Å². The molecule has 0 aromatic heterocycles. The van der Waals surface area contributed by atoms with E-state index < -0.39 is 0 Å². The molecule has 0 saturated carbocycles. The molecule has 0 unspecified atom stereocenters. The Kier molecular flexibility index (Phi) is 366. The van der Waals surface area contributed by atoms with Gasteiger partial charge in [-0.2, -0.15) is 0 Å². The summed E-state index contributed by atoms with van der Waals surface area (Å²) in [5.41, 5.74) is 9.81. The van der Waals surface area contributed by atoms with E-state index in [-0.39, 0.29) is 53.5 Å². The molecule has 0 heterocycles. The van der Waals surface area contributed by atoms with Crippen LogP contribution in [0.2, 0.25) is 0 Å². The van der Waals surface area contributed by atoms with Gasteiger partial charge in [-0.1, -0.05) is 0 Å². The van der Waals surface area contributed by atoms with Gasteiger partial charge in [0.25, 0.3) is 0 Å². The van der Waals surface area contributed by atoms with Crippen molar-refractivity contribution in [3.05, 3.63) is 0 Å². The Morgan fingerprint density at radius 1 is 0.667 bits per heavy atom. The maximum absolute atomic E-state index is 4.90. The Bertz CT molecular complexity index is 19.8. The number of hydrogen-bond acceptors (Lipinski definition) is 2. The van der Waals surface area contributed by atoms with Crippen molar-refractivity contribution in [3.63, 3.8) is 0 Å². The van der Waals surface area contributed by atoms with Crippen molar-refractivity contribution in [2.45, 2.75) is 0 Å². The summed E-state index contributed by atoms with van der Waals surface area (Å²) >= 11 is 0. The van der Waals surface area contributed by atoms with E-state index in [1.807, 2.05) is 0 Å². The van der Waals surface area contributed by atoms with Crippen molar-refractivity contribution in [2.75, 3.05) is 13.1 Å². The summed E-state index contributed by atoms with van der Waals surface area (Å²) in [5, 5.41) is 0. The molecular weight excluding hydrogens is 202 g/mol. The molecule has 0 bridgehead atoms.